The molecule has 1 heterocycles. The second-order valence-electron chi connectivity index (χ2n) is 5.58. The van der Waals surface area contributed by atoms with E-state index in [4.69, 9.17) is 4.74 Å². The molecule has 1 aliphatic carbocycles. The number of nitrogens with zero attached hydrogens (tertiary/aromatic N) is 1. The highest BCUT2D eigenvalue weighted by Gasteiger charge is 2.33. The summed E-state index contributed by atoms with van der Waals surface area (Å²) in [5.74, 6) is 0.892. The topological polar surface area (TPSA) is 41.6 Å². The van der Waals surface area contributed by atoms with E-state index in [0.29, 0.717) is 12.6 Å². The molecule has 1 N–H and O–H groups in total. The van der Waals surface area contributed by atoms with Crippen LogP contribution in [0.2, 0.25) is 0 Å². The van der Waals surface area contributed by atoms with Gasteiger partial charge in [0.15, 0.2) is 0 Å². The molecular weight excluding hydrogens is 252 g/mol. The van der Waals surface area contributed by atoms with E-state index in [1.54, 1.807) is 0 Å². The van der Waals surface area contributed by atoms with Crippen molar-refractivity contribution in [2.24, 2.45) is 0 Å². The Bertz CT molecular complexity index is 468. The molecule has 3 rings (SSSR count). The highest BCUT2D eigenvalue weighted by Crippen LogP contribution is 2.33. The molecule has 0 bridgehead atoms. The van der Waals surface area contributed by atoms with E-state index in [1.807, 2.05) is 24.0 Å². The Morgan fingerprint density at radius 1 is 1.30 bits per heavy atom. The van der Waals surface area contributed by atoms with Crippen molar-refractivity contribution in [1.82, 2.24) is 10.2 Å². The van der Waals surface area contributed by atoms with E-state index in [0.717, 1.165) is 38.0 Å². The molecule has 0 aromatic heterocycles. The van der Waals surface area contributed by atoms with Gasteiger partial charge < -0.3 is 15.0 Å². The minimum atomic E-state index is 0.101. The molecule has 1 aliphatic heterocycles. The number of amides is 2. The average Bonchev–Trinajstić information content (AvgIpc) is 3.13. The summed E-state index contributed by atoms with van der Waals surface area (Å²) >= 11 is 0. The molecule has 0 spiro atoms. The fourth-order valence-electron chi connectivity index (χ4n) is 2.79. The number of ether oxygens (including phenoxy) is 1. The number of hydrogen-bond acceptors (Lipinski definition) is 2. The molecule has 1 saturated heterocycles. The molecule has 1 aromatic carbocycles. The average molecular weight is 274 g/mol. The number of rotatable bonds is 4. The van der Waals surface area contributed by atoms with E-state index in [2.05, 4.69) is 17.4 Å². The minimum Gasteiger partial charge on any atom is -0.494 e. The van der Waals surface area contributed by atoms with Gasteiger partial charge in [-0.25, -0.2) is 4.79 Å². The maximum atomic E-state index is 12.2. The third-order valence-corrected chi connectivity index (χ3v) is 3.99. The lowest BCUT2D eigenvalue weighted by Gasteiger charge is -2.25. The van der Waals surface area contributed by atoms with E-state index >= 15 is 0 Å². The van der Waals surface area contributed by atoms with Gasteiger partial charge >= 0.3 is 6.03 Å². The van der Waals surface area contributed by atoms with Gasteiger partial charge in [0.1, 0.15) is 5.75 Å². The summed E-state index contributed by atoms with van der Waals surface area (Å²) in [6.45, 7) is 3.52. The summed E-state index contributed by atoms with van der Waals surface area (Å²) in [6.07, 6.45) is 4.39. The summed E-state index contributed by atoms with van der Waals surface area (Å²) in [7, 11) is 0. The molecule has 1 atom stereocenters. The fraction of sp³-hybridized carbons (Fsp3) is 0.562. The van der Waals surface area contributed by atoms with Crippen molar-refractivity contribution < 1.29 is 9.53 Å². The second kappa shape index (κ2) is 5.73. The Morgan fingerprint density at radius 2 is 2.05 bits per heavy atom. The van der Waals surface area contributed by atoms with Gasteiger partial charge in [0.25, 0.3) is 0 Å². The molecule has 108 valence electrons. The number of nitrogens with one attached hydrogen (secondary N) is 1. The first-order chi connectivity index (χ1) is 9.78. The van der Waals surface area contributed by atoms with Crippen LogP contribution in [0.4, 0.5) is 4.79 Å². The quantitative estimate of drug-likeness (QED) is 0.916. The summed E-state index contributed by atoms with van der Waals surface area (Å²) < 4.78 is 5.47. The summed E-state index contributed by atoms with van der Waals surface area (Å²) in [5.41, 5.74) is 1.21. The number of carbonyl (C=O) groups excluding carboxylic acids is 1. The van der Waals surface area contributed by atoms with Crippen molar-refractivity contribution in [3.63, 3.8) is 0 Å². The first kappa shape index (κ1) is 13.3. The maximum Gasteiger partial charge on any atom is 0.318 e. The van der Waals surface area contributed by atoms with Crippen molar-refractivity contribution in [2.75, 3.05) is 13.2 Å². The van der Waals surface area contributed by atoms with Crippen LogP contribution in [0.5, 0.6) is 5.75 Å². The van der Waals surface area contributed by atoms with Crippen LogP contribution in [-0.4, -0.2) is 30.1 Å². The van der Waals surface area contributed by atoms with Crippen LogP contribution < -0.4 is 10.1 Å². The normalized spacial score (nSPS) is 21.9. The van der Waals surface area contributed by atoms with Crippen LogP contribution in [0.3, 0.4) is 0 Å². The van der Waals surface area contributed by atoms with Crippen LogP contribution in [0.15, 0.2) is 24.3 Å². The minimum absolute atomic E-state index is 0.101. The Morgan fingerprint density at radius 3 is 2.70 bits per heavy atom. The lowest BCUT2D eigenvalue weighted by Crippen LogP contribution is -2.40. The van der Waals surface area contributed by atoms with Gasteiger partial charge in [0.2, 0.25) is 0 Å². The van der Waals surface area contributed by atoms with E-state index in [1.165, 1.54) is 5.56 Å². The lowest BCUT2D eigenvalue weighted by molar-refractivity contribution is 0.192. The van der Waals surface area contributed by atoms with Crippen molar-refractivity contribution >= 4 is 6.03 Å². The summed E-state index contributed by atoms with van der Waals surface area (Å²) in [4.78, 5) is 14.2. The molecule has 2 fully saturated rings. The predicted molar refractivity (Wildman–Crippen MR) is 77.8 cm³/mol. The van der Waals surface area contributed by atoms with Gasteiger partial charge in [-0.05, 0) is 50.3 Å². The highest BCUT2D eigenvalue weighted by molar-refractivity contribution is 5.75. The van der Waals surface area contributed by atoms with Crippen molar-refractivity contribution in [1.29, 1.82) is 0 Å². The third-order valence-electron chi connectivity index (χ3n) is 3.99. The van der Waals surface area contributed by atoms with Crippen LogP contribution >= 0.6 is 0 Å². The maximum absolute atomic E-state index is 12.2. The van der Waals surface area contributed by atoms with Crippen LogP contribution in [0, 0.1) is 0 Å². The largest absolute Gasteiger partial charge is 0.494 e. The zero-order valence-electron chi connectivity index (χ0n) is 12.0. The van der Waals surface area contributed by atoms with Gasteiger partial charge in [-0.15, -0.1) is 0 Å². The molecule has 20 heavy (non-hydrogen) atoms. The molecule has 1 aromatic rings. The van der Waals surface area contributed by atoms with E-state index in [-0.39, 0.29) is 12.1 Å². The van der Waals surface area contributed by atoms with Crippen molar-refractivity contribution in [3.05, 3.63) is 29.8 Å². The standard InChI is InChI=1S/C16H22N2O2/c1-2-20-14-9-5-12(6-10-14)15-4-3-11-18(15)16(19)17-13-7-8-13/h5-6,9-10,13,15H,2-4,7-8,11H2,1H3,(H,17,19). The zero-order chi connectivity index (χ0) is 13.9. The molecule has 1 unspecified atom stereocenters. The second-order valence-corrected chi connectivity index (χ2v) is 5.58. The Balaban J connectivity index is 1.68. The third kappa shape index (κ3) is 2.89. The van der Waals surface area contributed by atoms with Gasteiger partial charge in [-0.1, -0.05) is 12.1 Å². The number of likely N-dealkylation sites (tertiary alicyclic amines) is 1. The van der Waals surface area contributed by atoms with E-state index < -0.39 is 0 Å². The number of hydrogen-bond donors (Lipinski definition) is 1. The van der Waals surface area contributed by atoms with Crippen LogP contribution in [0.25, 0.3) is 0 Å². The Kier molecular flexibility index (Phi) is 3.81. The van der Waals surface area contributed by atoms with Crippen molar-refractivity contribution in [3.8, 4) is 5.75 Å². The summed E-state index contributed by atoms with van der Waals surface area (Å²) in [6, 6.07) is 8.89. The van der Waals surface area contributed by atoms with Crippen LogP contribution in [0.1, 0.15) is 44.2 Å². The van der Waals surface area contributed by atoms with Gasteiger partial charge in [-0.2, -0.15) is 0 Å². The fourth-order valence-corrected chi connectivity index (χ4v) is 2.79. The highest BCUT2D eigenvalue weighted by atomic mass is 16.5. The molecule has 2 amide bonds. The van der Waals surface area contributed by atoms with E-state index in [9.17, 15) is 4.79 Å². The molecule has 0 radical (unpaired) electrons. The van der Waals surface area contributed by atoms with Gasteiger partial charge in [-0.3, -0.25) is 0 Å². The molecule has 1 saturated carbocycles. The van der Waals surface area contributed by atoms with Gasteiger partial charge in [0, 0.05) is 12.6 Å². The smallest absolute Gasteiger partial charge is 0.318 e. The lowest BCUT2D eigenvalue weighted by atomic mass is 10.0. The van der Waals surface area contributed by atoms with Gasteiger partial charge in [0.05, 0.1) is 12.6 Å². The number of benzene rings is 1. The number of urea groups is 1. The SMILES string of the molecule is CCOc1ccc(C2CCCN2C(=O)NC2CC2)cc1. The molecular formula is C16H22N2O2. The number of carbonyl (C=O) groups is 1. The van der Waals surface area contributed by atoms with Crippen LogP contribution in [-0.2, 0) is 0 Å². The molecule has 2 aliphatic rings. The Hall–Kier alpha value is -1.71. The zero-order valence-corrected chi connectivity index (χ0v) is 12.0. The predicted octanol–water partition coefficient (Wildman–Crippen LogP) is 3.09. The van der Waals surface area contributed by atoms with Crippen molar-refractivity contribution in [2.45, 2.75) is 44.7 Å². The first-order valence-electron chi connectivity index (χ1n) is 7.58. The first-order valence-corrected chi connectivity index (χ1v) is 7.58. The monoisotopic (exact) mass is 274 g/mol. The summed E-state index contributed by atoms with van der Waals surface area (Å²) in [5, 5.41) is 3.09. The molecule has 4 heteroatoms. The molecule has 4 nitrogen and oxygen atoms in total. The Labute approximate surface area is 120 Å².